The van der Waals surface area contributed by atoms with Crippen LogP contribution in [0.15, 0.2) is 24.3 Å². The summed E-state index contributed by atoms with van der Waals surface area (Å²) >= 11 is 0. The molecule has 1 aliphatic carbocycles. The number of nitrogens with zero attached hydrogens (tertiary/aromatic N) is 1. The number of methoxy groups -OCH3 is 1. The molecule has 2 aliphatic rings. The van der Waals surface area contributed by atoms with Crippen molar-refractivity contribution in [3.63, 3.8) is 0 Å². The quantitative estimate of drug-likeness (QED) is 0.705. The predicted octanol–water partition coefficient (Wildman–Crippen LogP) is 1.65. The summed E-state index contributed by atoms with van der Waals surface area (Å²) in [6, 6.07) is 5.39. The first-order chi connectivity index (χ1) is 13.4. The number of β-amino-alcohol motifs (C(OH)–C–C–N with tert-alkyl or cyclic N) is 1. The Labute approximate surface area is 165 Å². The van der Waals surface area contributed by atoms with E-state index in [-0.39, 0.29) is 36.6 Å². The molecule has 1 aromatic carbocycles. The number of hydrogen-bond donors (Lipinski definition) is 2. The van der Waals surface area contributed by atoms with Gasteiger partial charge in [0, 0.05) is 26.6 Å². The van der Waals surface area contributed by atoms with Gasteiger partial charge in [0.05, 0.1) is 19.1 Å². The van der Waals surface area contributed by atoms with Gasteiger partial charge >= 0.3 is 0 Å². The Morgan fingerprint density at radius 1 is 1.36 bits per heavy atom. The molecule has 0 bridgehead atoms. The Hall–Kier alpha value is -1.99. The summed E-state index contributed by atoms with van der Waals surface area (Å²) in [5.74, 6) is -1.05. The van der Waals surface area contributed by atoms with E-state index in [1.807, 2.05) is 0 Å². The van der Waals surface area contributed by atoms with Crippen LogP contribution in [0.1, 0.15) is 37.7 Å². The van der Waals surface area contributed by atoms with Crippen LogP contribution in [0.2, 0.25) is 0 Å². The molecule has 6 nitrogen and oxygen atoms in total. The number of aliphatic hydroxyl groups is 1. The first-order valence-electron chi connectivity index (χ1n) is 9.92. The smallest absolute Gasteiger partial charge is 0.242 e. The number of rotatable bonds is 8. The summed E-state index contributed by atoms with van der Waals surface area (Å²) in [6.45, 7) is 1.31. The second kappa shape index (κ2) is 9.01. The summed E-state index contributed by atoms with van der Waals surface area (Å²) in [4.78, 5) is 26.7. The zero-order valence-corrected chi connectivity index (χ0v) is 16.3. The highest BCUT2D eigenvalue weighted by atomic mass is 19.1. The number of amides is 2. The lowest BCUT2D eigenvalue weighted by molar-refractivity contribution is -0.138. The lowest BCUT2D eigenvalue weighted by Gasteiger charge is -2.41. The first kappa shape index (κ1) is 20.7. The van der Waals surface area contributed by atoms with Crippen LogP contribution in [-0.2, 0) is 20.7 Å². The van der Waals surface area contributed by atoms with Crippen molar-refractivity contribution >= 4 is 11.8 Å². The molecule has 1 heterocycles. The number of halogens is 1. The molecule has 2 amide bonds. The predicted molar refractivity (Wildman–Crippen MR) is 102 cm³/mol. The van der Waals surface area contributed by atoms with Gasteiger partial charge in [0.2, 0.25) is 11.8 Å². The van der Waals surface area contributed by atoms with Crippen LogP contribution in [0.5, 0.6) is 0 Å². The van der Waals surface area contributed by atoms with E-state index in [1.165, 1.54) is 17.4 Å². The Bertz CT molecular complexity index is 707. The Balaban J connectivity index is 1.56. The summed E-state index contributed by atoms with van der Waals surface area (Å²) in [5, 5.41) is 12.9. The maximum absolute atomic E-state index is 13.8. The average molecular weight is 392 g/mol. The van der Waals surface area contributed by atoms with Crippen molar-refractivity contribution in [1.29, 1.82) is 0 Å². The van der Waals surface area contributed by atoms with Crippen molar-refractivity contribution in [2.75, 3.05) is 26.8 Å². The highest BCUT2D eigenvalue weighted by Crippen LogP contribution is 2.43. The van der Waals surface area contributed by atoms with Crippen LogP contribution >= 0.6 is 0 Å². The molecule has 28 heavy (non-hydrogen) atoms. The number of ether oxygens (including phenoxy) is 1. The normalized spacial score (nSPS) is 23.3. The van der Waals surface area contributed by atoms with Gasteiger partial charge in [-0.2, -0.15) is 0 Å². The van der Waals surface area contributed by atoms with Gasteiger partial charge in [-0.15, -0.1) is 0 Å². The molecule has 2 fully saturated rings. The van der Waals surface area contributed by atoms with Crippen LogP contribution in [0, 0.1) is 11.2 Å². The molecule has 1 saturated carbocycles. The largest absolute Gasteiger partial charge is 0.391 e. The van der Waals surface area contributed by atoms with E-state index in [4.69, 9.17) is 4.74 Å². The second-order valence-corrected chi connectivity index (χ2v) is 8.05. The fourth-order valence-corrected chi connectivity index (χ4v) is 4.26. The van der Waals surface area contributed by atoms with E-state index in [2.05, 4.69) is 5.32 Å². The molecule has 1 aliphatic heterocycles. The van der Waals surface area contributed by atoms with Crippen LogP contribution < -0.4 is 5.32 Å². The molecule has 154 valence electrons. The second-order valence-electron chi connectivity index (χ2n) is 8.05. The minimum atomic E-state index is -0.744. The number of aliphatic hydroxyl groups excluding tert-OH is 1. The fourth-order valence-electron chi connectivity index (χ4n) is 4.26. The third-order valence-corrected chi connectivity index (χ3v) is 6.02. The molecule has 2 N–H and O–H groups in total. The van der Waals surface area contributed by atoms with Crippen molar-refractivity contribution in [3.8, 4) is 0 Å². The van der Waals surface area contributed by atoms with Gasteiger partial charge < -0.3 is 20.1 Å². The Morgan fingerprint density at radius 3 is 2.75 bits per heavy atom. The minimum Gasteiger partial charge on any atom is -0.391 e. The van der Waals surface area contributed by atoms with Crippen LogP contribution in [0.25, 0.3) is 0 Å². The molecular weight excluding hydrogens is 363 g/mol. The minimum absolute atomic E-state index is 0.0962. The Kier molecular flexibility index (Phi) is 6.67. The van der Waals surface area contributed by atoms with Gasteiger partial charge in [-0.25, -0.2) is 4.39 Å². The lowest BCUT2D eigenvalue weighted by Crippen LogP contribution is -2.47. The van der Waals surface area contributed by atoms with Gasteiger partial charge in [0.1, 0.15) is 11.9 Å². The number of carbonyl (C=O) groups excluding carboxylic acids is 2. The third-order valence-electron chi connectivity index (χ3n) is 6.02. The molecule has 2 atom stereocenters. The maximum Gasteiger partial charge on any atom is 0.242 e. The van der Waals surface area contributed by atoms with Crippen molar-refractivity contribution in [1.82, 2.24) is 10.2 Å². The van der Waals surface area contributed by atoms with Gasteiger partial charge in [-0.1, -0.05) is 24.6 Å². The van der Waals surface area contributed by atoms with Gasteiger partial charge in [0.25, 0.3) is 0 Å². The molecule has 1 aromatic rings. The topological polar surface area (TPSA) is 78.9 Å². The zero-order chi connectivity index (χ0) is 20.1. The summed E-state index contributed by atoms with van der Waals surface area (Å²) in [5.41, 5.74) is 0.442. The Morgan fingerprint density at radius 2 is 2.11 bits per heavy atom. The molecular formula is C21H29FN2O4. The van der Waals surface area contributed by atoms with Crippen molar-refractivity contribution in [2.24, 2.45) is 5.41 Å². The number of hydrogen-bond acceptors (Lipinski definition) is 4. The first-order valence-corrected chi connectivity index (χ1v) is 9.92. The zero-order valence-electron chi connectivity index (χ0n) is 16.3. The monoisotopic (exact) mass is 392 g/mol. The average Bonchev–Trinajstić information content (AvgIpc) is 3.03. The molecule has 3 rings (SSSR count). The van der Waals surface area contributed by atoms with Gasteiger partial charge in [-0.05, 0) is 36.3 Å². The number of likely N-dealkylation sites (tertiary alicyclic amines) is 1. The van der Waals surface area contributed by atoms with Crippen molar-refractivity contribution in [2.45, 2.75) is 50.7 Å². The third kappa shape index (κ3) is 4.70. The number of benzene rings is 1. The van der Waals surface area contributed by atoms with Gasteiger partial charge in [0.15, 0.2) is 0 Å². The molecule has 0 spiro atoms. The van der Waals surface area contributed by atoms with Crippen LogP contribution in [0.3, 0.4) is 0 Å². The van der Waals surface area contributed by atoms with E-state index in [0.717, 1.165) is 19.3 Å². The van der Waals surface area contributed by atoms with Crippen molar-refractivity contribution in [3.05, 3.63) is 35.6 Å². The molecule has 2 unspecified atom stereocenters. The van der Waals surface area contributed by atoms with Crippen LogP contribution in [0.4, 0.5) is 4.39 Å². The van der Waals surface area contributed by atoms with E-state index < -0.39 is 18.0 Å². The number of nitrogens with one attached hydrogen (secondary N) is 1. The fraction of sp³-hybridized carbons (Fsp3) is 0.619. The summed E-state index contributed by atoms with van der Waals surface area (Å²) in [7, 11) is 1.69. The lowest BCUT2D eigenvalue weighted by atomic mass is 9.67. The molecule has 0 aromatic heterocycles. The highest BCUT2D eigenvalue weighted by molar-refractivity contribution is 5.89. The van der Waals surface area contributed by atoms with Crippen molar-refractivity contribution < 1.29 is 23.8 Å². The van der Waals surface area contributed by atoms with Crippen LogP contribution in [-0.4, -0.2) is 60.8 Å². The summed E-state index contributed by atoms with van der Waals surface area (Å²) in [6.07, 6.45) is 3.57. The summed E-state index contributed by atoms with van der Waals surface area (Å²) < 4.78 is 19.1. The van der Waals surface area contributed by atoms with Gasteiger partial charge in [-0.3, -0.25) is 9.59 Å². The number of carbonyl (C=O) groups is 2. The van der Waals surface area contributed by atoms with E-state index >= 15 is 0 Å². The molecule has 7 heteroatoms. The van der Waals surface area contributed by atoms with E-state index in [1.54, 1.807) is 25.3 Å². The highest BCUT2D eigenvalue weighted by Gasteiger charge is 2.40. The standard InChI is InChI=1S/C21H29FN2O4/c1-28-14-21(7-4-8-21)9-10-23-20(27)18-12-16(25)13-24(18)19(26)11-15-5-2-3-6-17(15)22/h2-3,5-6,16,18,25H,4,7-14H2,1H3,(H,23,27). The van der Waals surface area contributed by atoms with E-state index in [0.29, 0.717) is 18.7 Å². The maximum atomic E-state index is 13.8. The molecule has 1 saturated heterocycles. The molecule has 0 radical (unpaired) electrons. The SMILES string of the molecule is COCC1(CCNC(=O)C2CC(O)CN2C(=O)Cc2ccccc2F)CCC1. The van der Waals surface area contributed by atoms with E-state index in [9.17, 15) is 19.1 Å².